The molecule has 0 fully saturated rings. The molecule has 0 saturated carbocycles. The fourth-order valence-electron chi connectivity index (χ4n) is 4.64. The lowest BCUT2D eigenvalue weighted by molar-refractivity contribution is -0.135. The smallest absolute Gasteiger partial charge is 0.410 e. The van der Waals surface area contributed by atoms with Crippen LogP contribution in [-0.2, 0) is 19.1 Å². The van der Waals surface area contributed by atoms with Crippen molar-refractivity contribution in [1.29, 1.82) is 0 Å². The fraction of sp³-hybridized carbons (Fsp3) is 0.645. The van der Waals surface area contributed by atoms with Crippen molar-refractivity contribution in [3.8, 4) is 5.75 Å². The Hall–Kier alpha value is -3.83. The minimum absolute atomic E-state index is 0.0997. The van der Waals surface area contributed by atoms with Gasteiger partial charge in [-0.05, 0) is 65.0 Å². The Morgan fingerprint density at radius 1 is 1.05 bits per heavy atom. The van der Waals surface area contributed by atoms with Crippen molar-refractivity contribution in [2.75, 3.05) is 60.5 Å². The summed E-state index contributed by atoms with van der Waals surface area (Å²) in [6.45, 7) is 8.74. The van der Waals surface area contributed by atoms with Crippen LogP contribution in [0.1, 0.15) is 70.2 Å². The number of amides is 5. The number of para-hydroxylation sites is 1. The molecular formula is C31H49N5O7. The number of nitrogens with one attached hydrogen (secondary N) is 1. The molecule has 0 aromatic heterocycles. The van der Waals surface area contributed by atoms with Crippen molar-refractivity contribution in [2.45, 2.75) is 71.4 Å². The van der Waals surface area contributed by atoms with Crippen molar-refractivity contribution in [2.24, 2.45) is 0 Å². The zero-order chi connectivity index (χ0) is 32.2. The summed E-state index contributed by atoms with van der Waals surface area (Å²) in [4.78, 5) is 70.0. The van der Waals surface area contributed by atoms with E-state index in [0.717, 1.165) is 0 Å². The highest BCUT2D eigenvalue weighted by atomic mass is 16.6. The number of ether oxygens (including phenoxy) is 2. The number of nitrogens with zero attached hydrogens (tertiary/aromatic N) is 4. The highest BCUT2D eigenvalue weighted by molar-refractivity contribution is 5.99. The molecular weight excluding hydrogens is 554 g/mol. The second kappa shape index (κ2) is 16.7. The number of hydrogen-bond donors (Lipinski definition) is 1. The van der Waals surface area contributed by atoms with Crippen molar-refractivity contribution < 1.29 is 33.4 Å². The van der Waals surface area contributed by atoms with Gasteiger partial charge in [0.1, 0.15) is 17.4 Å². The van der Waals surface area contributed by atoms with Gasteiger partial charge >= 0.3 is 6.09 Å². The van der Waals surface area contributed by atoms with Gasteiger partial charge in [-0.3, -0.25) is 19.2 Å². The highest BCUT2D eigenvalue weighted by Crippen LogP contribution is 2.23. The van der Waals surface area contributed by atoms with Gasteiger partial charge in [-0.25, -0.2) is 4.79 Å². The minimum atomic E-state index is -0.768. The first-order valence-electron chi connectivity index (χ1n) is 14.9. The number of carbonyl (C=O) groups excluding carboxylic acids is 5. The van der Waals surface area contributed by atoms with Crippen LogP contribution in [0, 0.1) is 0 Å². The molecule has 1 aromatic carbocycles. The quantitative estimate of drug-likeness (QED) is 0.530. The third kappa shape index (κ3) is 11.8. The predicted molar refractivity (Wildman–Crippen MR) is 163 cm³/mol. The molecule has 1 N–H and O–H groups in total. The van der Waals surface area contributed by atoms with E-state index in [0.29, 0.717) is 69.6 Å². The summed E-state index contributed by atoms with van der Waals surface area (Å²) < 4.78 is 11.6. The average molecular weight is 604 g/mol. The van der Waals surface area contributed by atoms with Gasteiger partial charge < -0.3 is 34.4 Å². The highest BCUT2D eigenvalue weighted by Gasteiger charge is 2.31. The predicted octanol–water partition coefficient (Wildman–Crippen LogP) is 2.76. The second-order valence-electron chi connectivity index (χ2n) is 11.9. The van der Waals surface area contributed by atoms with Gasteiger partial charge in [0.25, 0.3) is 5.91 Å². The van der Waals surface area contributed by atoms with E-state index in [1.165, 1.54) is 16.7 Å². The monoisotopic (exact) mass is 603 g/mol. The third-order valence-electron chi connectivity index (χ3n) is 7.11. The molecule has 0 spiro atoms. The molecule has 0 unspecified atom stereocenters. The van der Waals surface area contributed by atoms with Crippen LogP contribution in [0.3, 0.4) is 0 Å². The molecule has 1 aliphatic heterocycles. The summed E-state index contributed by atoms with van der Waals surface area (Å²) in [6.07, 6.45) is 2.28. The van der Waals surface area contributed by atoms with Crippen LogP contribution in [0.15, 0.2) is 24.3 Å². The maximum atomic E-state index is 13.7. The topological polar surface area (TPSA) is 129 Å². The van der Waals surface area contributed by atoms with Crippen LogP contribution in [0.5, 0.6) is 5.75 Å². The van der Waals surface area contributed by atoms with Gasteiger partial charge in [-0.2, -0.15) is 0 Å². The van der Waals surface area contributed by atoms with Crippen LogP contribution < -0.4 is 10.1 Å². The van der Waals surface area contributed by atoms with E-state index in [2.05, 4.69) is 5.32 Å². The number of rotatable bonds is 6. The van der Waals surface area contributed by atoms with Crippen molar-refractivity contribution in [1.82, 2.24) is 24.9 Å². The van der Waals surface area contributed by atoms with Gasteiger partial charge in [0.05, 0.1) is 18.7 Å². The SMILES string of the molecule is CC(=O)NCC(=O)N(C)CCC[C@H]1C(=O)N(C)CCCCN(C(=O)OC(C)(C)C)CCCOc2ccccc2C(=O)N1C. The normalized spacial score (nSPS) is 17.6. The molecule has 5 amide bonds. The average Bonchev–Trinajstić information content (AvgIpc) is 2.94. The number of benzene rings is 1. The van der Waals surface area contributed by atoms with Gasteiger partial charge in [0.15, 0.2) is 0 Å². The summed E-state index contributed by atoms with van der Waals surface area (Å²) in [5, 5.41) is 2.49. The van der Waals surface area contributed by atoms with Gasteiger partial charge in [-0.15, -0.1) is 0 Å². The Morgan fingerprint density at radius 2 is 1.70 bits per heavy atom. The Labute approximate surface area is 255 Å². The van der Waals surface area contributed by atoms with Crippen LogP contribution in [0.25, 0.3) is 0 Å². The molecule has 1 aromatic rings. The van der Waals surface area contributed by atoms with Crippen molar-refractivity contribution in [3.63, 3.8) is 0 Å². The molecule has 0 radical (unpaired) electrons. The molecule has 12 nitrogen and oxygen atoms in total. The summed E-state index contributed by atoms with van der Waals surface area (Å²) in [5.74, 6) is -0.688. The van der Waals surface area contributed by atoms with Crippen LogP contribution in [0.4, 0.5) is 4.79 Å². The fourth-order valence-corrected chi connectivity index (χ4v) is 4.64. The zero-order valence-electron chi connectivity index (χ0n) is 26.8. The second-order valence-corrected chi connectivity index (χ2v) is 11.9. The van der Waals surface area contributed by atoms with E-state index in [9.17, 15) is 24.0 Å². The van der Waals surface area contributed by atoms with Crippen LogP contribution in [-0.4, -0.2) is 121 Å². The van der Waals surface area contributed by atoms with Crippen molar-refractivity contribution in [3.05, 3.63) is 29.8 Å². The largest absolute Gasteiger partial charge is 0.493 e. The van der Waals surface area contributed by atoms with Crippen LogP contribution in [0.2, 0.25) is 0 Å². The summed E-state index contributed by atoms with van der Waals surface area (Å²) >= 11 is 0. The molecule has 0 saturated heterocycles. The maximum absolute atomic E-state index is 13.7. The van der Waals surface area contributed by atoms with E-state index >= 15 is 0 Å². The molecule has 1 heterocycles. The maximum Gasteiger partial charge on any atom is 0.410 e. The van der Waals surface area contributed by atoms with Gasteiger partial charge in [0.2, 0.25) is 17.7 Å². The lowest BCUT2D eigenvalue weighted by atomic mass is 10.1. The molecule has 2 rings (SSSR count). The summed E-state index contributed by atoms with van der Waals surface area (Å²) in [6, 6.07) is 6.14. The molecule has 0 aliphatic carbocycles. The van der Waals surface area contributed by atoms with E-state index in [1.54, 1.807) is 55.2 Å². The number of carbonyl (C=O) groups is 5. The number of fused-ring (bicyclic) bond motifs is 1. The standard InChI is InChI=1S/C31H49N5O7/c1-23(37)32-22-27(38)33(5)18-12-15-25-29(40)34(6)17-10-11-19-36(30(41)43-31(2,3)4)20-13-21-42-26-16-9-8-14-24(26)28(39)35(25)7/h8-9,14,16,25H,10-13,15,17-22H2,1-7H3,(H,32,37)/t25-/m0/s1. The first-order valence-corrected chi connectivity index (χ1v) is 14.9. The third-order valence-corrected chi connectivity index (χ3v) is 7.11. The van der Waals surface area contributed by atoms with E-state index < -0.39 is 17.7 Å². The Kier molecular flexibility index (Phi) is 13.7. The first kappa shape index (κ1) is 35.4. The van der Waals surface area contributed by atoms with Crippen molar-refractivity contribution >= 4 is 29.7 Å². The van der Waals surface area contributed by atoms with Crippen LogP contribution >= 0.6 is 0 Å². The minimum Gasteiger partial charge on any atom is -0.493 e. The molecule has 240 valence electrons. The van der Waals surface area contributed by atoms with E-state index in [1.807, 2.05) is 20.8 Å². The molecule has 1 aliphatic rings. The Balaban J connectivity index is 2.24. The first-order chi connectivity index (χ1) is 20.2. The molecule has 12 heteroatoms. The summed E-state index contributed by atoms with van der Waals surface area (Å²) in [7, 11) is 4.96. The molecule has 1 atom stereocenters. The molecule has 0 bridgehead atoms. The zero-order valence-corrected chi connectivity index (χ0v) is 26.8. The van der Waals surface area contributed by atoms with E-state index in [-0.39, 0.29) is 36.8 Å². The number of likely N-dealkylation sites (N-methyl/N-ethyl adjacent to an activating group) is 3. The van der Waals surface area contributed by atoms with Gasteiger partial charge in [-0.1, -0.05) is 12.1 Å². The Bertz CT molecular complexity index is 1120. The lowest BCUT2D eigenvalue weighted by Crippen LogP contribution is -2.49. The van der Waals surface area contributed by atoms with Gasteiger partial charge in [0, 0.05) is 54.2 Å². The number of hydrogen-bond acceptors (Lipinski definition) is 7. The van der Waals surface area contributed by atoms with E-state index in [4.69, 9.17) is 9.47 Å². The molecule has 43 heavy (non-hydrogen) atoms. The Morgan fingerprint density at radius 3 is 2.37 bits per heavy atom. The lowest BCUT2D eigenvalue weighted by Gasteiger charge is -2.32. The summed E-state index contributed by atoms with van der Waals surface area (Å²) in [5.41, 5.74) is -0.285.